The first kappa shape index (κ1) is 9.01. The average Bonchev–Trinajstić information content (AvgIpc) is 2.52. The second kappa shape index (κ2) is 3.67. The highest BCUT2D eigenvalue weighted by Crippen LogP contribution is 2.36. The van der Waals surface area contributed by atoms with E-state index in [2.05, 4.69) is 18.0 Å². The monoisotopic (exact) mass is 195 g/mol. The van der Waals surface area contributed by atoms with Crippen molar-refractivity contribution < 1.29 is 0 Å². The Morgan fingerprint density at radius 1 is 1.38 bits per heavy atom. The molecule has 0 N–H and O–H groups in total. The zero-order valence-corrected chi connectivity index (χ0v) is 8.59. The first-order chi connectivity index (χ1) is 6.25. The molecule has 2 heteroatoms. The van der Waals surface area contributed by atoms with Gasteiger partial charge in [0.05, 0.1) is 0 Å². The number of aryl methyl sites for hydroxylation is 1. The number of pyridine rings is 1. The minimum atomic E-state index is 0.380. The number of halogens is 1. The van der Waals surface area contributed by atoms with Crippen LogP contribution in [-0.2, 0) is 0 Å². The highest BCUT2D eigenvalue weighted by molar-refractivity contribution is 6.20. The third kappa shape index (κ3) is 2.02. The van der Waals surface area contributed by atoms with Crippen LogP contribution in [0.3, 0.4) is 0 Å². The molecule has 0 radical (unpaired) electrons. The van der Waals surface area contributed by atoms with Crippen molar-refractivity contribution in [2.24, 2.45) is 0 Å². The number of hydrogen-bond donors (Lipinski definition) is 0. The lowest BCUT2D eigenvalue weighted by molar-refractivity contribution is 0.719. The maximum Gasteiger partial charge on any atom is 0.0342 e. The summed E-state index contributed by atoms with van der Waals surface area (Å²) in [6.45, 7) is 2.09. The van der Waals surface area contributed by atoms with E-state index in [1.807, 2.05) is 12.4 Å². The second-order valence-electron chi connectivity index (χ2n) is 3.90. The Bertz CT molecular complexity index is 298. The van der Waals surface area contributed by atoms with E-state index in [0.29, 0.717) is 11.3 Å². The summed E-state index contributed by atoms with van der Waals surface area (Å²) in [4.78, 5) is 4.21. The van der Waals surface area contributed by atoms with Crippen molar-refractivity contribution in [1.82, 2.24) is 4.98 Å². The van der Waals surface area contributed by atoms with E-state index in [4.69, 9.17) is 11.6 Å². The third-order valence-electron chi connectivity index (χ3n) is 2.74. The molecule has 1 nitrogen and oxygen atoms in total. The van der Waals surface area contributed by atoms with Gasteiger partial charge in [-0.1, -0.05) is 6.07 Å². The summed E-state index contributed by atoms with van der Waals surface area (Å²) in [7, 11) is 0. The standard InChI is InChI=1S/C11H14ClN/c1-8-4-10(7-13-6-8)9-2-3-11(12)5-9/h4,6-7,9,11H,2-3,5H2,1H3. The Balaban J connectivity index is 2.16. The fourth-order valence-electron chi connectivity index (χ4n) is 2.03. The fraction of sp³-hybridized carbons (Fsp3) is 0.545. The van der Waals surface area contributed by atoms with Crippen molar-refractivity contribution in [3.63, 3.8) is 0 Å². The molecule has 0 spiro atoms. The Hall–Kier alpha value is -0.560. The van der Waals surface area contributed by atoms with Crippen LogP contribution in [0.25, 0.3) is 0 Å². The molecule has 0 amide bonds. The molecule has 1 fully saturated rings. The molecule has 2 atom stereocenters. The summed E-state index contributed by atoms with van der Waals surface area (Å²) in [6, 6.07) is 2.23. The Morgan fingerprint density at radius 2 is 2.23 bits per heavy atom. The summed E-state index contributed by atoms with van der Waals surface area (Å²) in [5.74, 6) is 0.648. The summed E-state index contributed by atoms with van der Waals surface area (Å²) in [5.41, 5.74) is 2.61. The smallest absolute Gasteiger partial charge is 0.0342 e. The number of rotatable bonds is 1. The Kier molecular flexibility index (Phi) is 2.54. The number of nitrogens with zero attached hydrogens (tertiary/aromatic N) is 1. The van der Waals surface area contributed by atoms with E-state index in [1.165, 1.54) is 17.5 Å². The lowest BCUT2D eigenvalue weighted by Gasteiger charge is -2.09. The summed E-state index contributed by atoms with van der Waals surface area (Å²) >= 11 is 6.08. The van der Waals surface area contributed by atoms with Crippen molar-refractivity contribution in [2.45, 2.75) is 37.5 Å². The molecule has 13 heavy (non-hydrogen) atoms. The van der Waals surface area contributed by atoms with Crippen molar-refractivity contribution in [1.29, 1.82) is 0 Å². The molecule has 1 aromatic rings. The van der Waals surface area contributed by atoms with Gasteiger partial charge in [-0.05, 0) is 43.2 Å². The van der Waals surface area contributed by atoms with Crippen molar-refractivity contribution in [3.8, 4) is 0 Å². The number of aromatic nitrogens is 1. The van der Waals surface area contributed by atoms with Crippen LogP contribution < -0.4 is 0 Å². The highest BCUT2D eigenvalue weighted by atomic mass is 35.5. The van der Waals surface area contributed by atoms with Crippen LogP contribution in [0.2, 0.25) is 0 Å². The fourth-order valence-corrected chi connectivity index (χ4v) is 2.37. The maximum absolute atomic E-state index is 6.08. The van der Waals surface area contributed by atoms with Gasteiger partial charge in [0, 0.05) is 17.8 Å². The van der Waals surface area contributed by atoms with Crippen LogP contribution in [0.4, 0.5) is 0 Å². The molecule has 0 bridgehead atoms. The largest absolute Gasteiger partial charge is 0.264 e. The Labute approximate surface area is 84.1 Å². The summed E-state index contributed by atoms with van der Waals surface area (Å²) in [5, 5.41) is 0.380. The van der Waals surface area contributed by atoms with Crippen molar-refractivity contribution >= 4 is 11.6 Å². The van der Waals surface area contributed by atoms with Crippen LogP contribution >= 0.6 is 11.6 Å². The quantitative estimate of drug-likeness (QED) is 0.627. The highest BCUT2D eigenvalue weighted by Gasteiger charge is 2.24. The normalized spacial score (nSPS) is 27.8. The van der Waals surface area contributed by atoms with E-state index in [0.717, 1.165) is 12.8 Å². The van der Waals surface area contributed by atoms with Gasteiger partial charge in [0.15, 0.2) is 0 Å². The van der Waals surface area contributed by atoms with Gasteiger partial charge in [-0.2, -0.15) is 0 Å². The zero-order chi connectivity index (χ0) is 9.26. The second-order valence-corrected chi connectivity index (χ2v) is 4.52. The SMILES string of the molecule is Cc1cncc(C2CCC(Cl)C2)c1. The number of alkyl halides is 1. The first-order valence-corrected chi connectivity index (χ1v) is 5.25. The zero-order valence-electron chi connectivity index (χ0n) is 7.83. The Morgan fingerprint density at radius 3 is 2.85 bits per heavy atom. The minimum absolute atomic E-state index is 0.380. The van der Waals surface area contributed by atoms with Gasteiger partial charge in [0.2, 0.25) is 0 Å². The topological polar surface area (TPSA) is 12.9 Å². The lowest BCUT2D eigenvalue weighted by atomic mass is 9.99. The van der Waals surface area contributed by atoms with Gasteiger partial charge < -0.3 is 0 Å². The van der Waals surface area contributed by atoms with Crippen molar-refractivity contribution in [2.75, 3.05) is 0 Å². The molecule has 1 aromatic heterocycles. The predicted molar refractivity (Wildman–Crippen MR) is 55.2 cm³/mol. The minimum Gasteiger partial charge on any atom is -0.264 e. The van der Waals surface area contributed by atoms with Gasteiger partial charge in [0.1, 0.15) is 0 Å². The molecular weight excluding hydrogens is 182 g/mol. The summed E-state index contributed by atoms with van der Waals surface area (Å²) in [6.07, 6.45) is 7.37. The van der Waals surface area contributed by atoms with E-state index in [9.17, 15) is 0 Å². The maximum atomic E-state index is 6.08. The molecule has 0 aromatic carbocycles. The third-order valence-corrected chi connectivity index (χ3v) is 3.13. The van der Waals surface area contributed by atoms with Crippen molar-refractivity contribution in [3.05, 3.63) is 29.6 Å². The molecule has 1 aliphatic carbocycles. The molecule has 70 valence electrons. The van der Waals surface area contributed by atoms with Crippen LogP contribution in [0.5, 0.6) is 0 Å². The van der Waals surface area contributed by atoms with Crippen LogP contribution in [-0.4, -0.2) is 10.4 Å². The van der Waals surface area contributed by atoms with Gasteiger partial charge in [-0.15, -0.1) is 11.6 Å². The van der Waals surface area contributed by atoms with Crippen LogP contribution in [0.1, 0.15) is 36.3 Å². The predicted octanol–water partition coefficient (Wildman–Crippen LogP) is 3.26. The first-order valence-electron chi connectivity index (χ1n) is 4.81. The molecule has 2 unspecified atom stereocenters. The van der Waals surface area contributed by atoms with Crippen LogP contribution in [0.15, 0.2) is 18.5 Å². The molecule has 0 saturated heterocycles. The van der Waals surface area contributed by atoms with E-state index >= 15 is 0 Å². The molecule has 1 aliphatic rings. The van der Waals surface area contributed by atoms with E-state index in [1.54, 1.807) is 0 Å². The molecule has 0 aliphatic heterocycles. The van der Waals surface area contributed by atoms with Gasteiger partial charge in [-0.25, -0.2) is 0 Å². The van der Waals surface area contributed by atoms with E-state index in [-0.39, 0.29) is 0 Å². The lowest BCUT2D eigenvalue weighted by Crippen LogP contribution is -1.95. The summed E-state index contributed by atoms with van der Waals surface area (Å²) < 4.78 is 0. The molecular formula is C11H14ClN. The number of hydrogen-bond acceptors (Lipinski definition) is 1. The van der Waals surface area contributed by atoms with Gasteiger partial charge in [-0.3, -0.25) is 4.98 Å². The van der Waals surface area contributed by atoms with Crippen LogP contribution in [0, 0.1) is 6.92 Å². The average molecular weight is 196 g/mol. The molecule has 1 saturated carbocycles. The molecule has 1 heterocycles. The van der Waals surface area contributed by atoms with Gasteiger partial charge in [0.25, 0.3) is 0 Å². The van der Waals surface area contributed by atoms with Gasteiger partial charge >= 0.3 is 0 Å². The van der Waals surface area contributed by atoms with E-state index < -0.39 is 0 Å². The molecule has 2 rings (SSSR count).